The van der Waals surface area contributed by atoms with E-state index in [-0.39, 0.29) is 6.04 Å². The van der Waals surface area contributed by atoms with Gasteiger partial charge < -0.3 is 14.3 Å². The van der Waals surface area contributed by atoms with E-state index in [2.05, 4.69) is 42.2 Å². The van der Waals surface area contributed by atoms with Crippen molar-refractivity contribution in [2.45, 2.75) is 26.4 Å². The van der Waals surface area contributed by atoms with Gasteiger partial charge in [0.15, 0.2) is 0 Å². The molecule has 0 spiro atoms. The van der Waals surface area contributed by atoms with E-state index in [4.69, 9.17) is 4.42 Å². The van der Waals surface area contributed by atoms with Gasteiger partial charge in [0.25, 0.3) is 0 Å². The molecule has 86 valence electrons. The average molecular weight is 218 g/mol. The summed E-state index contributed by atoms with van der Waals surface area (Å²) in [6.07, 6.45) is 2.05. The smallest absolute Gasteiger partial charge is 0.120 e. The number of nitrogens with one attached hydrogen (secondary N) is 1. The van der Waals surface area contributed by atoms with Gasteiger partial charge in [-0.3, -0.25) is 0 Å². The Hall–Kier alpha value is -1.48. The van der Waals surface area contributed by atoms with Crippen molar-refractivity contribution in [3.8, 4) is 0 Å². The minimum absolute atomic E-state index is 0.239. The molecule has 0 aromatic carbocycles. The second kappa shape index (κ2) is 4.58. The number of furan rings is 1. The van der Waals surface area contributed by atoms with E-state index < -0.39 is 0 Å². The zero-order valence-corrected chi connectivity index (χ0v) is 10.0. The number of hydrogen-bond acceptors (Lipinski definition) is 2. The van der Waals surface area contributed by atoms with Crippen LogP contribution in [0, 0.1) is 6.92 Å². The molecule has 0 radical (unpaired) electrons. The van der Waals surface area contributed by atoms with Crippen LogP contribution in [0.15, 0.2) is 34.9 Å². The largest absolute Gasteiger partial charge is 0.465 e. The Morgan fingerprint density at radius 3 is 2.75 bits per heavy atom. The summed E-state index contributed by atoms with van der Waals surface area (Å²) in [6.45, 7) is 4.93. The van der Waals surface area contributed by atoms with Crippen LogP contribution in [0.1, 0.15) is 30.2 Å². The van der Waals surface area contributed by atoms with Gasteiger partial charge >= 0.3 is 0 Å². The molecule has 1 N–H and O–H groups in total. The fraction of sp³-hybridized carbons (Fsp3) is 0.385. The molecule has 0 aliphatic rings. The van der Waals surface area contributed by atoms with Crippen LogP contribution >= 0.6 is 0 Å². The molecule has 1 atom stereocenters. The molecule has 0 unspecified atom stereocenters. The maximum Gasteiger partial charge on any atom is 0.120 e. The van der Waals surface area contributed by atoms with Crippen molar-refractivity contribution in [1.82, 2.24) is 9.88 Å². The standard InChI is InChI=1S/C13H18N2O/c1-10-6-7-13(16-10)11(2)14-9-12-5-4-8-15(12)3/h4-8,11,14H,9H2,1-3H3/t11-/m1/s1. The number of aryl methyl sites for hydroxylation is 2. The number of rotatable bonds is 4. The van der Waals surface area contributed by atoms with Gasteiger partial charge in [0, 0.05) is 25.5 Å². The fourth-order valence-corrected chi connectivity index (χ4v) is 1.72. The average Bonchev–Trinajstić information content (AvgIpc) is 2.84. The van der Waals surface area contributed by atoms with Crippen LogP contribution in [0.5, 0.6) is 0 Å². The van der Waals surface area contributed by atoms with Crippen LogP contribution in [-0.2, 0) is 13.6 Å². The van der Waals surface area contributed by atoms with E-state index in [1.165, 1.54) is 5.69 Å². The molecule has 0 saturated carbocycles. The third-order valence-corrected chi connectivity index (χ3v) is 2.83. The first kappa shape index (κ1) is 11.0. The minimum Gasteiger partial charge on any atom is -0.465 e. The van der Waals surface area contributed by atoms with Crippen molar-refractivity contribution in [3.63, 3.8) is 0 Å². The Morgan fingerprint density at radius 1 is 1.38 bits per heavy atom. The lowest BCUT2D eigenvalue weighted by molar-refractivity contribution is 0.413. The van der Waals surface area contributed by atoms with E-state index >= 15 is 0 Å². The van der Waals surface area contributed by atoms with E-state index in [0.717, 1.165) is 18.1 Å². The summed E-state index contributed by atoms with van der Waals surface area (Å²) < 4.78 is 7.69. The Bertz CT molecular complexity index is 456. The number of hydrogen-bond donors (Lipinski definition) is 1. The van der Waals surface area contributed by atoms with Gasteiger partial charge in [-0.05, 0) is 38.1 Å². The molecule has 16 heavy (non-hydrogen) atoms. The van der Waals surface area contributed by atoms with Crippen LogP contribution in [-0.4, -0.2) is 4.57 Å². The second-order valence-corrected chi connectivity index (χ2v) is 4.16. The van der Waals surface area contributed by atoms with Crippen molar-refractivity contribution in [1.29, 1.82) is 0 Å². The molecular weight excluding hydrogens is 200 g/mol. The summed E-state index contributed by atoms with van der Waals surface area (Å²) in [5, 5.41) is 3.44. The predicted molar refractivity (Wildman–Crippen MR) is 64.1 cm³/mol. The molecule has 0 aliphatic carbocycles. The van der Waals surface area contributed by atoms with Crippen LogP contribution in [0.4, 0.5) is 0 Å². The molecular formula is C13H18N2O. The van der Waals surface area contributed by atoms with E-state index in [1.54, 1.807) is 0 Å². The van der Waals surface area contributed by atoms with Gasteiger partial charge in [0.05, 0.1) is 6.04 Å². The van der Waals surface area contributed by atoms with Gasteiger partial charge in [0.1, 0.15) is 11.5 Å². The summed E-state index contributed by atoms with van der Waals surface area (Å²) in [6, 6.07) is 8.43. The second-order valence-electron chi connectivity index (χ2n) is 4.16. The fourth-order valence-electron chi connectivity index (χ4n) is 1.72. The van der Waals surface area contributed by atoms with Crippen molar-refractivity contribution in [3.05, 3.63) is 47.7 Å². The highest BCUT2D eigenvalue weighted by Crippen LogP contribution is 2.16. The monoisotopic (exact) mass is 218 g/mol. The lowest BCUT2D eigenvalue weighted by atomic mass is 10.2. The Labute approximate surface area is 96.1 Å². The molecule has 3 nitrogen and oxygen atoms in total. The van der Waals surface area contributed by atoms with Crippen LogP contribution < -0.4 is 5.32 Å². The Morgan fingerprint density at radius 2 is 2.19 bits per heavy atom. The first-order chi connectivity index (χ1) is 7.66. The molecule has 0 amide bonds. The zero-order valence-electron chi connectivity index (χ0n) is 10.0. The zero-order chi connectivity index (χ0) is 11.5. The number of aromatic nitrogens is 1. The van der Waals surface area contributed by atoms with Gasteiger partial charge in [-0.2, -0.15) is 0 Å². The molecule has 0 fully saturated rings. The van der Waals surface area contributed by atoms with Crippen molar-refractivity contribution < 1.29 is 4.42 Å². The summed E-state index contributed by atoms with van der Waals surface area (Å²) in [7, 11) is 2.05. The van der Waals surface area contributed by atoms with Gasteiger partial charge in [-0.1, -0.05) is 0 Å². The van der Waals surface area contributed by atoms with Crippen LogP contribution in [0.2, 0.25) is 0 Å². The van der Waals surface area contributed by atoms with E-state index in [0.29, 0.717) is 0 Å². The highest BCUT2D eigenvalue weighted by Gasteiger charge is 2.09. The van der Waals surface area contributed by atoms with E-state index in [9.17, 15) is 0 Å². The quantitative estimate of drug-likeness (QED) is 0.855. The van der Waals surface area contributed by atoms with Crippen LogP contribution in [0.25, 0.3) is 0 Å². The van der Waals surface area contributed by atoms with Crippen molar-refractivity contribution in [2.75, 3.05) is 0 Å². The Kier molecular flexibility index (Phi) is 3.15. The first-order valence-corrected chi connectivity index (χ1v) is 5.57. The first-order valence-electron chi connectivity index (χ1n) is 5.57. The molecule has 2 rings (SSSR count). The van der Waals surface area contributed by atoms with Gasteiger partial charge in [0.2, 0.25) is 0 Å². The van der Waals surface area contributed by atoms with Crippen molar-refractivity contribution >= 4 is 0 Å². The summed E-state index contributed by atoms with van der Waals surface area (Å²) in [5.41, 5.74) is 1.27. The molecule has 0 bridgehead atoms. The van der Waals surface area contributed by atoms with E-state index in [1.807, 2.05) is 19.1 Å². The van der Waals surface area contributed by atoms with Crippen LogP contribution in [0.3, 0.4) is 0 Å². The normalized spacial score (nSPS) is 12.9. The number of nitrogens with zero attached hydrogens (tertiary/aromatic N) is 1. The summed E-state index contributed by atoms with van der Waals surface area (Å²) in [5.74, 6) is 1.95. The maximum atomic E-state index is 5.58. The van der Waals surface area contributed by atoms with Gasteiger partial charge in [-0.15, -0.1) is 0 Å². The SMILES string of the molecule is Cc1ccc([C@@H](C)NCc2cccn2C)o1. The molecule has 0 aliphatic heterocycles. The highest BCUT2D eigenvalue weighted by atomic mass is 16.3. The third-order valence-electron chi connectivity index (χ3n) is 2.83. The maximum absolute atomic E-state index is 5.58. The van der Waals surface area contributed by atoms with Crippen molar-refractivity contribution in [2.24, 2.45) is 7.05 Å². The molecule has 3 heteroatoms. The Balaban J connectivity index is 1.93. The lowest BCUT2D eigenvalue weighted by Gasteiger charge is -2.11. The van der Waals surface area contributed by atoms with Gasteiger partial charge in [-0.25, -0.2) is 0 Å². The summed E-state index contributed by atoms with van der Waals surface area (Å²) in [4.78, 5) is 0. The third kappa shape index (κ3) is 2.36. The highest BCUT2D eigenvalue weighted by molar-refractivity contribution is 5.10. The minimum atomic E-state index is 0.239. The predicted octanol–water partition coefficient (Wildman–Crippen LogP) is 2.78. The molecule has 2 aromatic rings. The topological polar surface area (TPSA) is 30.1 Å². The molecule has 2 aromatic heterocycles. The summed E-state index contributed by atoms with van der Waals surface area (Å²) >= 11 is 0. The molecule has 0 saturated heterocycles. The molecule has 2 heterocycles. The lowest BCUT2D eigenvalue weighted by Crippen LogP contribution is -2.19.